The maximum absolute atomic E-state index is 12.1. The molecule has 0 fully saturated rings. The third kappa shape index (κ3) is 4.03. The van der Waals surface area contributed by atoms with E-state index in [0.29, 0.717) is 5.75 Å². The molecule has 0 saturated carbocycles. The number of aromatic amines is 1. The summed E-state index contributed by atoms with van der Waals surface area (Å²) in [6, 6.07) is 12.2. The molecular formula is C23H26N2O3. The van der Waals surface area contributed by atoms with Crippen LogP contribution in [0.1, 0.15) is 26.3 Å². The molecule has 1 aromatic heterocycles. The van der Waals surface area contributed by atoms with Crippen LogP contribution in [0.3, 0.4) is 0 Å². The van der Waals surface area contributed by atoms with Crippen molar-refractivity contribution >= 4 is 22.4 Å². The highest BCUT2D eigenvalue weighted by molar-refractivity contribution is 5.96. The monoisotopic (exact) mass is 378 g/mol. The molecule has 0 saturated heterocycles. The minimum Gasteiger partial charge on any atom is -0.496 e. The lowest BCUT2D eigenvalue weighted by atomic mass is 9.97. The summed E-state index contributed by atoms with van der Waals surface area (Å²) < 4.78 is 11.3. The van der Waals surface area contributed by atoms with Crippen molar-refractivity contribution in [2.24, 2.45) is 0 Å². The number of amides is 1. The van der Waals surface area contributed by atoms with Crippen molar-refractivity contribution in [2.45, 2.75) is 26.8 Å². The van der Waals surface area contributed by atoms with E-state index >= 15 is 0 Å². The molecule has 1 amide bonds. The summed E-state index contributed by atoms with van der Waals surface area (Å²) in [5, 5.41) is 4.00. The third-order valence-corrected chi connectivity index (χ3v) is 4.59. The molecule has 0 atom stereocenters. The molecule has 2 aromatic carbocycles. The van der Waals surface area contributed by atoms with Gasteiger partial charge in [-0.25, -0.2) is 0 Å². The Morgan fingerprint density at radius 3 is 2.50 bits per heavy atom. The second kappa shape index (κ2) is 8.21. The number of rotatable bonds is 6. The summed E-state index contributed by atoms with van der Waals surface area (Å²) >= 11 is 0. The van der Waals surface area contributed by atoms with Gasteiger partial charge in [-0.1, -0.05) is 6.07 Å². The smallest absolute Gasteiger partial charge is 0.244 e. The predicted octanol–water partition coefficient (Wildman–Crippen LogP) is 4.78. The minimum atomic E-state index is -0.129. The van der Waals surface area contributed by atoms with Crippen LogP contribution in [0.25, 0.3) is 27.6 Å². The average molecular weight is 378 g/mol. The van der Waals surface area contributed by atoms with Crippen molar-refractivity contribution in [1.82, 2.24) is 10.3 Å². The number of nitrogens with one attached hydrogen (secondary N) is 2. The van der Waals surface area contributed by atoms with E-state index in [1.807, 2.05) is 51.2 Å². The Balaban J connectivity index is 2.07. The molecule has 146 valence electrons. The van der Waals surface area contributed by atoms with Crippen molar-refractivity contribution in [3.8, 4) is 22.6 Å². The molecule has 0 aliphatic rings. The molecule has 0 radical (unpaired) electrons. The molecule has 1 heterocycles. The van der Waals surface area contributed by atoms with Crippen LogP contribution in [0, 0.1) is 0 Å². The van der Waals surface area contributed by atoms with Crippen LogP contribution in [-0.4, -0.2) is 31.2 Å². The quantitative estimate of drug-likeness (QED) is 0.607. The van der Waals surface area contributed by atoms with Gasteiger partial charge < -0.3 is 19.8 Å². The Morgan fingerprint density at radius 1 is 1.07 bits per heavy atom. The maximum atomic E-state index is 12.1. The Bertz CT molecular complexity index is 1030. The number of hydrogen-bond acceptors (Lipinski definition) is 3. The fourth-order valence-electron chi connectivity index (χ4n) is 3.25. The lowest BCUT2D eigenvalue weighted by molar-refractivity contribution is -0.116. The molecule has 5 heteroatoms. The van der Waals surface area contributed by atoms with E-state index in [-0.39, 0.29) is 11.9 Å². The molecule has 0 aliphatic carbocycles. The van der Waals surface area contributed by atoms with Gasteiger partial charge in [-0.15, -0.1) is 0 Å². The van der Waals surface area contributed by atoms with Gasteiger partial charge in [-0.05, 0) is 67.6 Å². The van der Waals surface area contributed by atoms with Gasteiger partial charge in [-0.2, -0.15) is 0 Å². The fourth-order valence-corrected chi connectivity index (χ4v) is 3.25. The zero-order valence-corrected chi connectivity index (χ0v) is 16.9. The van der Waals surface area contributed by atoms with Crippen molar-refractivity contribution in [1.29, 1.82) is 0 Å². The molecule has 28 heavy (non-hydrogen) atoms. The second-order valence-corrected chi connectivity index (χ2v) is 7.02. The van der Waals surface area contributed by atoms with E-state index in [2.05, 4.69) is 22.4 Å². The standard InChI is InChI=1S/C23H26N2O3/c1-14(2)25-23(26)10-15(3)18-12-22(28-5)19(13-21(18)27-4)16-6-7-20-17(11-16)8-9-24-20/h6-14,24H,1-5H3,(H,25,26)/b15-10+. The van der Waals surface area contributed by atoms with Crippen LogP contribution >= 0.6 is 0 Å². The number of benzene rings is 2. The summed E-state index contributed by atoms with van der Waals surface area (Å²) in [7, 11) is 3.28. The van der Waals surface area contributed by atoms with E-state index in [1.54, 1.807) is 20.3 Å². The maximum Gasteiger partial charge on any atom is 0.244 e. The highest BCUT2D eigenvalue weighted by Crippen LogP contribution is 2.39. The van der Waals surface area contributed by atoms with Gasteiger partial charge in [0.05, 0.1) is 14.2 Å². The SMILES string of the molecule is COc1cc(-c2ccc3[nH]ccc3c2)c(OC)cc1/C(C)=C/C(=O)NC(C)C. The van der Waals surface area contributed by atoms with Crippen LogP contribution in [0.2, 0.25) is 0 Å². The number of carbonyl (C=O) groups is 1. The summed E-state index contributed by atoms with van der Waals surface area (Å²) in [6.45, 7) is 5.75. The Hall–Kier alpha value is -3.21. The van der Waals surface area contributed by atoms with Gasteiger partial charge in [0.2, 0.25) is 5.91 Å². The first-order valence-corrected chi connectivity index (χ1v) is 9.25. The number of fused-ring (bicyclic) bond motifs is 1. The molecule has 2 N–H and O–H groups in total. The molecule has 3 rings (SSSR count). The summed E-state index contributed by atoms with van der Waals surface area (Å²) in [5.41, 5.74) is 4.69. The first kappa shape index (κ1) is 19.5. The number of allylic oxidation sites excluding steroid dienone is 1. The number of hydrogen-bond donors (Lipinski definition) is 2. The molecule has 3 aromatic rings. The Labute approximate surface area is 165 Å². The van der Waals surface area contributed by atoms with Crippen LogP contribution < -0.4 is 14.8 Å². The number of aromatic nitrogens is 1. The van der Waals surface area contributed by atoms with E-state index in [0.717, 1.165) is 38.9 Å². The highest BCUT2D eigenvalue weighted by Gasteiger charge is 2.15. The van der Waals surface area contributed by atoms with Gasteiger partial charge in [0.25, 0.3) is 0 Å². The highest BCUT2D eigenvalue weighted by atomic mass is 16.5. The first-order valence-electron chi connectivity index (χ1n) is 9.25. The second-order valence-electron chi connectivity index (χ2n) is 7.02. The normalized spacial score (nSPS) is 11.7. The van der Waals surface area contributed by atoms with Crippen LogP contribution in [-0.2, 0) is 4.79 Å². The van der Waals surface area contributed by atoms with Crippen molar-refractivity contribution in [2.75, 3.05) is 14.2 Å². The van der Waals surface area contributed by atoms with Gasteiger partial charge >= 0.3 is 0 Å². The van der Waals surface area contributed by atoms with E-state index in [1.165, 1.54) is 0 Å². The Kier molecular flexibility index (Phi) is 5.73. The summed E-state index contributed by atoms with van der Waals surface area (Å²) in [6.07, 6.45) is 3.51. The first-order chi connectivity index (χ1) is 13.4. The van der Waals surface area contributed by atoms with E-state index in [9.17, 15) is 4.79 Å². The zero-order chi connectivity index (χ0) is 20.3. The molecular weight excluding hydrogens is 352 g/mol. The number of H-pyrrole nitrogens is 1. The van der Waals surface area contributed by atoms with Gasteiger partial charge in [0.1, 0.15) is 11.5 Å². The lowest BCUT2D eigenvalue weighted by Gasteiger charge is -2.16. The van der Waals surface area contributed by atoms with E-state index in [4.69, 9.17) is 9.47 Å². The van der Waals surface area contributed by atoms with Crippen LogP contribution in [0.4, 0.5) is 0 Å². The predicted molar refractivity (Wildman–Crippen MR) is 114 cm³/mol. The van der Waals surface area contributed by atoms with Crippen molar-refractivity contribution < 1.29 is 14.3 Å². The van der Waals surface area contributed by atoms with Crippen LogP contribution in [0.5, 0.6) is 11.5 Å². The lowest BCUT2D eigenvalue weighted by Crippen LogP contribution is -2.28. The Morgan fingerprint density at radius 2 is 1.82 bits per heavy atom. The molecule has 0 spiro atoms. The minimum absolute atomic E-state index is 0.0821. The number of carbonyl (C=O) groups excluding carboxylic acids is 1. The van der Waals surface area contributed by atoms with Gasteiger partial charge in [0, 0.05) is 35.0 Å². The topological polar surface area (TPSA) is 63.4 Å². The van der Waals surface area contributed by atoms with Crippen molar-refractivity contribution in [3.05, 3.63) is 54.2 Å². The van der Waals surface area contributed by atoms with Gasteiger partial charge in [-0.3, -0.25) is 4.79 Å². The number of ether oxygens (including phenoxy) is 2. The van der Waals surface area contributed by atoms with Crippen LogP contribution in [0.15, 0.2) is 48.7 Å². The average Bonchev–Trinajstić information content (AvgIpc) is 3.13. The van der Waals surface area contributed by atoms with Gasteiger partial charge in [0.15, 0.2) is 0 Å². The summed E-state index contributed by atoms with van der Waals surface area (Å²) in [4.78, 5) is 15.3. The molecule has 5 nitrogen and oxygen atoms in total. The van der Waals surface area contributed by atoms with Crippen molar-refractivity contribution in [3.63, 3.8) is 0 Å². The number of methoxy groups -OCH3 is 2. The summed E-state index contributed by atoms with van der Waals surface area (Å²) in [5.74, 6) is 1.29. The zero-order valence-electron chi connectivity index (χ0n) is 16.9. The molecule has 0 bridgehead atoms. The third-order valence-electron chi connectivity index (χ3n) is 4.59. The fraction of sp³-hybridized carbons (Fsp3) is 0.261. The van der Waals surface area contributed by atoms with E-state index < -0.39 is 0 Å². The largest absolute Gasteiger partial charge is 0.496 e. The molecule has 0 unspecified atom stereocenters. The molecule has 0 aliphatic heterocycles.